The van der Waals surface area contributed by atoms with Gasteiger partial charge in [-0.25, -0.2) is 0 Å². The molecule has 0 aromatic heterocycles. The van der Waals surface area contributed by atoms with Crippen molar-refractivity contribution in [2.24, 2.45) is 23.7 Å². The smallest absolute Gasteiger partial charge is 0.315 e. The van der Waals surface area contributed by atoms with Gasteiger partial charge in [0.1, 0.15) is 49.4 Å². The third-order valence-electron chi connectivity index (χ3n) is 8.71. The Labute approximate surface area is 308 Å². The van der Waals surface area contributed by atoms with E-state index in [9.17, 15) is 19.2 Å². The molecule has 0 saturated carbocycles. The second kappa shape index (κ2) is 21.5. The highest BCUT2D eigenvalue weighted by atomic mass is 16.6. The van der Waals surface area contributed by atoms with Crippen molar-refractivity contribution in [3.05, 3.63) is 85.0 Å². The molecule has 3 aliphatic heterocycles. The Morgan fingerprint density at radius 2 is 0.642 bits per heavy atom. The molecule has 0 fully saturated rings. The summed E-state index contributed by atoms with van der Waals surface area (Å²) in [5.74, 6) is -2.76. The summed E-state index contributed by atoms with van der Waals surface area (Å²) in [6, 6.07) is 13.3. The lowest BCUT2D eigenvalue weighted by Gasteiger charge is -2.25. The quantitative estimate of drug-likeness (QED) is 0.207. The number of carbonyl (C=O) groups is 4. The van der Waals surface area contributed by atoms with Crippen LogP contribution in [0.25, 0.3) is 0 Å². The normalized spacial score (nSPS) is 24.9. The number of benzene rings is 2. The van der Waals surface area contributed by atoms with Crippen LogP contribution in [0.15, 0.2) is 85.0 Å². The van der Waals surface area contributed by atoms with Crippen molar-refractivity contribution in [3.8, 4) is 23.0 Å². The number of carbonyl (C=O) groups excluding carboxylic acids is 4. The van der Waals surface area contributed by atoms with Crippen molar-refractivity contribution in [2.75, 3.05) is 66.1 Å². The number of allylic oxidation sites excluding steroid dienone is 4. The summed E-state index contributed by atoms with van der Waals surface area (Å²) in [4.78, 5) is 51.8. The zero-order chi connectivity index (χ0) is 37.1. The average Bonchev–Trinajstić information content (AvgIpc) is 3.18. The second-order valence-electron chi connectivity index (χ2n) is 12.4. The Balaban J connectivity index is 1.14. The third kappa shape index (κ3) is 12.9. The number of ether oxygens (including phenoxy) is 9. The van der Waals surface area contributed by atoms with Crippen molar-refractivity contribution >= 4 is 23.9 Å². The molecule has 0 unspecified atom stereocenters. The zero-order valence-corrected chi connectivity index (χ0v) is 29.6. The molecule has 4 bridgehead atoms. The van der Waals surface area contributed by atoms with Gasteiger partial charge in [-0.05, 0) is 86.4 Å². The van der Waals surface area contributed by atoms with Crippen LogP contribution in [0.1, 0.15) is 25.7 Å². The molecule has 0 radical (unpaired) electrons. The van der Waals surface area contributed by atoms with E-state index in [1.165, 1.54) is 0 Å². The molecule has 0 saturated heterocycles. The standard InChI is InChI=1S/C40H46O13/c41-37-33-7-1-3-9-35(33)39(43)52-31-15-11-29(12-16-31)48-19-5-6-20-49-30-13-17-32(18-14-30)53-40(44)36-10-4-2-8-34(36)38(42)51-28-26-47-24-22-45-21-23-46-25-27-50-37/h1-6,11-18,33-36H,7-10,19-28H2/t33-,34+,35+,36-. The van der Waals surface area contributed by atoms with Gasteiger partial charge in [-0.3, -0.25) is 19.2 Å². The van der Waals surface area contributed by atoms with Gasteiger partial charge in [-0.2, -0.15) is 0 Å². The van der Waals surface area contributed by atoms with Gasteiger partial charge in [-0.15, -0.1) is 0 Å². The molecule has 13 nitrogen and oxygen atoms in total. The summed E-state index contributed by atoms with van der Waals surface area (Å²) >= 11 is 0. The first kappa shape index (κ1) is 39.2. The first-order valence-electron chi connectivity index (χ1n) is 17.9. The van der Waals surface area contributed by atoms with Crippen molar-refractivity contribution in [2.45, 2.75) is 25.7 Å². The maximum Gasteiger partial charge on any atom is 0.315 e. The minimum absolute atomic E-state index is 0.0405. The van der Waals surface area contributed by atoms with Crippen LogP contribution < -0.4 is 18.9 Å². The molecule has 0 amide bonds. The molecule has 2 aliphatic carbocycles. The molecule has 284 valence electrons. The number of hydrogen-bond acceptors (Lipinski definition) is 13. The maximum absolute atomic E-state index is 13.0. The van der Waals surface area contributed by atoms with E-state index in [-0.39, 0.29) is 52.9 Å². The molecule has 4 atom stereocenters. The largest absolute Gasteiger partial charge is 0.490 e. The summed E-state index contributed by atoms with van der Waals surface area (Å²) in [7, 11) is 0. The molecule has 3 heterocycles. The van der Waals surface area contributed by atoms with Crippen LogP contribution in [-0.4, -0.2) is 89.9 Å². The van der Waals surface area contributed by atoms with E-state index >= 15 is 0 Å². The van der Waals surface area contributed by atoms with Crippen LogP contribution in [0.4, 0.5) is 0 Å². The highest BCUT2D eigenvalue weighted by Crippen LogP contribution is 2.31. The molecule has 53 heavy (non-hydrogen) atoms. The lowest BCUT2D eigenvalue weighted by Crippen LogP contribution is -2.35. The Kier molecular flexibility index (Phi) is 15.9. The lowest BCUT2D eigenvalue weighted by molar-refractivity contribution is -0.158. The topological polar surface area (TPSA) is 151 Å². The minimum atomic E-state index is -0.669. The molecule has 2 aromatic rings. The predicted octanol–water partition coefficient (Wildman–Crippen LogP) is 4.83. The SMILES string of the molecule is O=C1Oc2ccc(cc2)OCC=CCOc2ccc(cc2)OC(=O)[C@@H]2CC=CC[C@@H]2C(=O)OCCOCCOCCOCCOC(=O)[C@@H]2CC=CC[C@H]12. The monoisotopic (exact) mass is 734 g/mol. The van der Waals surface area contributed by atoms with E-state index in [1.54, 1.807) is 48.5 Å². The summed E-state index contributed by atoms with van der Waals surface area (Å²) in [5, 5.41) is 0. The van der Waals surface area contributed by atoms with E-state index in [0.717, 1.165) is 0 Å². The Morgan fingerprint density at radius 3 is 1.00 bits per heavy atom. The van der Waals surface area contributed by atoms with E-state index in [2.05, 4.69) is 0 Å². The summed E-state index contributed by atoms with van der Waals surface area (Å²) in [6.07, 6.45) is 12.6. The number of esters is 4. The Bertz CT molecular complexity index is 1450. The lowest BCUT2D eigenvalue weighted by atomic mass is 9.83. The Hall–Kier alpha value is -4.98. The van der Waals surface area contributed by atoms with Crippen molar-refractivity contribution in [1.82, 2.24) is 0 Å². The van der Waals surface area contributed by atoms with Crippen LogP contribution in [0.3, 0.4) is 0 Å². The second-order valence-corrected chi connectivity index (χ2v) is 12.4. The molecule has 2 aromatic carbocycles. The van der Waals surface area contributed by atoms with Crippen LogP contribution in [0, 0.1) is 23.7 Å². The first-order valence-corrected chi connectivity index (χ1v) is 17.9. The van der Waals surface area contributed by atoms with Gasteiger partial charge in [0.15, 0.2) is 0 Å². The summed E-state index contributed by atoms with van der Waals surface area (Å²) < 4.78 is 50.0. The highest BCUT2D eigenvalue weighted by molar-refractivity contribution is 5.84. The van der Waals surface area contributed by atoms with Crippen LogP contribution >= 0.6 is 0 Å². The van der Waals surface area contributed by atoms with E-state index in [1.807, 2.05) is 36.5 Å². The predicted molar refractivity (Wildman–Crippen MR) is 189 cm³/mol. The molecule has 0 spiro atoms. The molecular weight excluding hydrogens is 688 g/mol. The van der Waals surface area contributed by atoms with Crippen LogP contribution in [-0.2, 0) is 42.9 Å². The fourth-order valence-corrected chi connectivity index (χ4v) is 5.84. The van der Waals surface area contributed by atoms with E-state index < -0.39 is 47.5 Å². The molecular formula is C40H46O13. The van der Waals surface area contributed by atoms with Gasteiger partial charge >= 0.3 is 23.9 Å². The third-order valence-corrected chi connectivity index (χ3v) is 8.71. The van der Waals surface area contributed by atoms with Gasteiger partial charge < -0.3 is 42.6 Å². The van der Waals surface area contributed by atoms with Gasteiger partial charge in [-0.1, -0.05) is 24.3 Å². The fourth-order valence-electron chi connectivity index (χ4n) is 5.84. The summed E-state index contributed by atoms with van der Waals surface area (Å²) in [5.41, 5.74) is 0. The molecule has 5 aliphatic rings. The first-order chi connectivity index (χ1) is 26.0. The maximum atomic E-state index is 13.0. The zero-order valence-electron chi connectivity index (χ0n) is 29.6. The van der Waals surface area contributed by atoms with E-state index in [0.29, 0.717) is 61.9 Å². The number of fused-ring (bicyclic) bond motifs is 2. The van der Waals surface area contributed by atoms with Crippen molar-refractivity contribution in [1.29, 1.82) is 0 Å². The molecule has 0 N–H and O–H groups in total. The number of rotatable bonds is 0. The fraction of sp³-hybridized carbons (Fsp3) is 0.450. The molecule has 7 rings (SSSR count). The molecule has 13 heteroatoms. The van der Waals surface area contributed by atoms with E-state index in [4.69, 9.17) is 42.6 Å². The van der Waals surface area contributed by atoms with Gasteiger partial charge in [0.2, 0.25) is 0 Å². The van der Waals surface area contributed by atoms with Gasteiger partial charge in [0.05, 0.1) is 63.3 Å². The minimum Gasteiger partial charge on any atom is -0.490 e. The van der Waals surface area contributed by atoms with Crippen LogP contribution in [0.5, 0.6) is 23.0 Å². The highest BCUT2D eigenvalue weighted by Gasteiger charge is 2.37. The van der Waals surface area contributed by atoms with Gasteiger partial charge in [0, 0.05) is 0 Å². The Morgan fingerprint density at radius 1 is 0.340 bits per heavy atom. The summed E-state index contributed by atoms with van der Waals surface area (Å²) in [6.45, 7) is 2.19. The van der Waals surface area contributed by atoms with Gasteiger partial charge in [0.25, 0.3) is 0 Å². The van der Waals surface area contributed by atoms with Crippen LogP contribution in [0.2, 0.25) is 0 Å². The average molecular weight is 735 g/mol. The number of hydrogen-bond donors (Lipinski definition) is 0. The van der Waals surface area contributed by atoms with Crippen molar-refractivity contribution < 1.29 is 61.8 Å². The van der Waals surface area contributed by atoms with Crippen molar-refractivity contribution in [3.63, 3.8) is 0 Å².